The zero-order chi connectivity index (χ0) is 9.92. The molecule has 0 amide bonds. The molecular weight excluding hydrogens is 192 g/mol. The maximum atomic E-state index is 2.40. The lowest BCUT2D eigenvalue weighted by Crippen LogP contribution is -2.15. The van der Waals surface area contributed by atoms with Gasteiger partial charge in [0.2, 0.25) is 0 Å². The topological polar surface area (TPSA) is 0 Å². The fourth-order valence-electron chi connectivity index (χ4n) is 3.28. The van der Waals surface area contributed by atoms with Crippen molar-refractivity contribution >= 4 is 0 Å². The first-order valence-electron chi connectivity index (χ1n) is 5.40. The lowest BCUT2D eigenvalue weighted by Gasteiger charge is -2.24. The summed E-state index contributed by atoms with van der Waals surface area (Å²) in [4.78, 5) is 0. The third-order valence-electron chi connectivity index (χ3n) is 4.10. The van der Waals surface area contributed by atoms with Crippen LogP contribution >= 0.6 is 0 Å². The lowest BCUT2D eigenvalue weighted by molar-refractivity contribution is 0.343. The van der Waals surface area contributed by atoms with Gasteiger partial charge in [0.15, 0.2) is 0 Å². The summed E-state index contributed by atoms with van der Waals surface area (Å²) in [7, 11) is 0. The van der Waals surface area contributed by atoms with E-state index < -0.39 is 0 Å². The number of fused-ring (bicyclic) bond motifs is 5. The molecule has 2 atom stereocenters. The van der Waals surface area contributed by atoms with E-state index in [-0.39, 0.29) is 14.9 Å². The molecule has 0 heteroatoms. The minimum Gasteiger partial charge on any atom is -0.0798 e. The van der Waals surface area contributed by atoms with E-state index in [1.165, 1.54) is 5.56 Å². The second-order valence-corrected chi connectivity index (χ2v) is 5.24. The molecule has 0 spiro atoms. The van der Waals surface area contributed by atoms with Crippen molar-refractivity contribution < 1.29 is 0 Å². The molecular formula is C16H24. The molecule has 88 valence electrons. The maximum Gasteiger partial charge on any atom is 0.00838 e. The Morgan fingerprint density at radius 3 is 2.25 bits per heavy atom. The van der Waals surface area contributed by atoms with Gasteiger partial charge in [0.05, 0.1) is 0 Å². The molecule has 0 aromatic heterocycles. The first-order chi connectivity index (χ1) is 6.62. The van der Waals surface area contributed by atoms with Crippen molar-refractivity contribution in [2.45, 2.75) is 47.5 Å². The van der Waals surface area contributed by atoms with Crippen LogP contribution < -0.4 is 0 Å². The van der Waals surface area contributed by atoms with Crippen molar-refractivity contribution in [3.8, 4) is 0 Å². The Labute approximate surface area is 100 Å². The van der Waals surface area contributed by atoms with Crippen molar-refractivity contribution in [1.82, 2.24) is 0 Å². The fourth-order valence-corrected chi connectivity index (χ4v) is 3.28. The van der Waals surface area contributed by atoms with Crippen LogP contribution in [0.3, 0.4) is 0 Å². The predicted octanol–water partition coefficient (Wildman–Crippen LogP) is 5.04. The molecule has 0 unspecified atom stereocenters. The lowest BCUT2D eigenvalue weighted by atomic mass is 9.79. The van der Waals surface area contributed by atoms with Crippen molar-refractivity contribution in [2.24, 2.45) is 5.41 Å². The van der Waals surface area contributed by atoms with Gasteiger partial charge < -0.3 is 0 Å². The molecule has 3 rings (SSSR count). The van der Waals surface area contributed by atoms with E-state index >= 15 is 0 Å². The van der Waals surface area contributed by atoms with Gasteiger partial charge in [-0.2, -0.15) is 0 Å². The molecule has 0 heterocycles. The van der Waals surface area contributed by atoms with Crippen LogP contribution in [0.25, 0.3) is 0 Å². The van der Waals surface area contributed by atoms with Crippen LogP contribution in [0.5, 0.6) is 0 Å². The minimum absolute atomic E-state index is 0. The first-order valence-corrected chi connectivity index (χ1v) is 5.40. The van der Waals surface area contributed by atoms with E-state index in [1.54, 1.807) is 11.1 Å². The first kappa shape index (κ1) is 13.0. The van der Waals surface area contributed by atoms with Gasteiger partial charge in [-0.3, -0.25) is 0 Å². The fraction of sp³-hybridized carbons (Fsp3) is 0.500. The largest absolute Gasteiger partial charge is 0.0798 e. The standard InChI is InChI=1S/C14H16.2CH4/c1-9-5-4-6-10-11-7-8-12(13(9)10)14(11,2)3;;/h4-8,11-12H,1-3H3;2*1H4/t11-,12+;;/m0../s1. The summed E-state index contributed by atoms with van der Waals surface area (Å²) in [6.07, 6.45) is 4.80. The summed E-state index contributed by atoms with van der Waals surface area (Å²) in [5.41, 5.74) is 5.05. The van der Waals surface area contributed by atoms with E-state index in [0.717, 1.165) is 0 Å². The Morgan fingerprint density at radius 2 is 1.62 bits per heavy atom. The molecule has 0 aliphatic heterocycles. The van der Waals surface area contributed by atoms with Crippen LogP contribution in [0.2, 0.25) is 0 Å². The molecule has 16 heavy (non-hydrogen) atoms. The van der Waals surface area contributed by atoms with Crippen LogP contribution in [0.15, 0.2) is 30.4 Å². The van der Waals surface area contributed by atoms with Gasteiger partial charge in [-0.1, -0.05) is 59.1 Å². The number of hydrogen-bond acceptors (Lipinski definition) is 0. The molecule has 1 aromatic rings. The normalized spacial score (nSPS) is 26.9. The molecule has 0 N–H and O–H groups in total. The molecule has 0 fully saturated rings. The van der Waals surface area contributed by atoms with Crippen molar-refractivity contribution in [2.75, 3.05) is 0 Å². The van der Waals surface area contributed by atoms with Gasteiger partial charge in [-0.15, -0.1) is 0 Å². The van der Waals surface area contributed by atoms with E-state index in [0.29, 0.717) is 17.3 Å². The predicted molar refractivity (Wildman–Crippen MR) is 73.0 cm³/mol. The minimum atomic E-state index is 0. The Morgan fingerprint density at radius 1 is 1.00 bits per heavy atom. The molecule has 2 bridgehead atoms. The summed E-state index contributed by atoms with van der Waals surface area (Å²) in [5, 5.41) is 0. The summed E-state index contributed by atoms with van der Waals surface area (Å²) in [6, 6.07) is 6.74. The molecule has 2 aliphatic rings. The highest BCUT2D eigenvalue weighted by molar-refractivity contribution is 5.54. The highest BCUT2D eigenvalue weighted by Gasteiger charge is 2.48. The van der Waals surface area contributed by atoms with Gasteiger partial charge in [-0.25, -0.2) is 0 Å². The smallest absolute Gasteiger partial charge is 0.00838 e. The molecule has 0 saturated heterocycles. The summed E-state index contributed by atoms with van der Waals surface area (Å²) in [5.74, 6) is 1.31. The number of hydrogen-bond donors (Lipinski definition) is 0. The zero-order valence-electron chi connectivity index (χ0n) is 9.04. The average molecular weight is 216 g/mol. The number of rotatable bonds is 0. The van der Waals surface area contributed by atoms with E-state index in [1.807, 2.05) is 0 Å². The quantitative estimate of drug-likeness (QED) is 0.533. The van der Waals surface area contributed by atoms with Crippen LogP contribution in [-0.2, 0) is 0 Å². The van der Waals surface area contributed by atoms with Crippen LogP contribution in [0.4, 0.5) is 0 Å². The SMILES string of the molecule is C.C.Cc1cccc2c1[C@H]1C=C[C@@H]2C1(C)C. The third-order valence-corrected chi connectivity index (χ3v) is 4.10. The van der Waals surface area contributed by atoms with Gasteiger partial charge >= 0.3 is 0 Å². The van der Waals surface area contributed by atoms with Crippen molar-refractivity contribution in [3.63, 3.8) is 0 Å². The number of benzene rings is 1. The Balaban J connectivity index is 0.000000640. The third kappa shape index (κ3) is 1.29. The van der Waals surface area contributed by atoms with Crippen LogP contribution in [0.1, 0.15) is 57.2 Å². The molecule has 1 aromatic carbocycles. The molecule has 2 aliphatic carbocycles. The summed E-state index contributed by atoms with van der Waals surface area (Å²) < 4.78 is 0. The van der Waals surface area contributed by atoms with Crippen molar-refractivity contribution in [1.29, 1.82) is 0 Å². The van der Waals surface area contributed by atoms with Crippen LogP contribution in [-0.4, -0.2) is 0 Å². The monoisotopic (exact) mass is 216 g/mol. The maximum absolute atomic E-state index is 2.40. The Hall–Kier alpha value is -1.04. The van der Waals surface area contributed by atoms with Gasteiger partial charge in [0, 0.05) is 11.8 Å². The zero-order valence-corrected chi connectivity index (χ0v) is 9.04. The van der Waals surface area contributed by atoms with Crippen LogP contribution in [0, 0.1) is 12.3 Å². The Bertz CT molecular complexity index is 424. The number of aryl methyl sites for hydroxylation is 1. The molecule has 0 radical (unpaired) electrons. The Kier molecular flexibility index (Phi) is 3.06. The molecule has 0 saturated carbocycles. The van der Waals surface area contributed by atoms with Gasteiger partial charge in [-0.05, 0) is 29.0 Å². The number of allylic oxidation sites excluding steroid dienone is 2. The van der Waals surface area contributed by atoms with Gasteiger partial charge in [0.1, 0.15) is 0 Å². The van der Waals surface area contributed by atoms with E-state index in [2.05, 4.69) is 51.1 Å². The second kappa shape index (κ2) is 3.76. The highest BCUT2D eigenvalue weighted by atomic mass is 14.5. The summed E-state index contributed by atoms with van der Waals surface area (Å²) >= 11 is 0. The summed E-state index contributed by atoms with van der Waals surface area (Å²) in [6.45, 7) is 7.02. The highest BCUT2D eigenvalue weighted by Crippen LogP contribution is 2.61. The second-order valence-electron chi connectivity index (χ2n) is 5.24. The van der Waals surface area contributed by atoms with E-state index in [9.17, 15) is 0 Å². The van der Waals surface area contributed by atoms with Gasteiger partial charge in [0.25, 0.3) is 0 Å². The van der Waals surface area contributed by atoms with E-state index in [4.69, 9.17) is 0 Å². The average Bonchev–Trinajstić information content (AvgIpc) is 2.54. The van der Waals surface area contributed by atoms with Crippen molar-refractivity contribution in [3.05, 3.63) is 47.0 Å². The molecule has 0 nitrogen and oxygen atoms in total.